The lowest BCUT2D eigenvalue weighted by Crippen LogP contribution is -2.19. The first-order valence-corrected chi connectivity index (χ1v) is 5.71. The van der Waals surface area contributed by atoms with Gasteiger partial charge in [0, 0.05) is 16.9 Å². The highest BCUT2D eigenvalue weighted by Gasteiger charge is 2.27. The fraction of sp³-hybridized carbons (Fsp3) is 0. The average Bonchev–Trinajstić information content (AvgIpc) is 2.42. The molecule has 5 nitrogen and oxygen atoms in total. The van der Waals surface area contributed by atoms with E-state index in [0.29, 0.717) is 27.5 Å². The zero-order valence-electron chi connectivity index (χ0n) is 10.1. The monoisotopic (exact) mass is 265 g/mol. The molecule has 2 aromatic carbocycles. The van der Waals surface area contributed by atoms with Gasteiger partial charge in [-0.05, 0) is 23.6 Å². The van der Waals surface area contributed by atoms with E-state index < -0.39 is 17.8 Å². The molecule has 1 aliphatic heterocycles. The van der Waals surface area contributed by atoms with E-state index in [4.69, 9.17) is 5.73 Å². The van der Waals surface area contributed by atoms with Gasteiger partial charge >= 0.3 is 11.9 Å². The molecule has 0 atom stereocenters. The molecule has 2 N–H and O–H groups in total. The molecule has 3 rings (SSSR count). The van der Waals surface area contributed by atoms with Crippen LogP contribution in [0.25, 0.3) is 10.8 Å². The van der Waals surface area contributed by atoms with E-state index >= 15 is 0 Å². The standard InChI is InChI=1S/C15H7NO4/c16-12(17)7-5-8-4-6-11-13-9(8)2-1-3-10(13)14(18)20-15(11)19/h1-4,6H,(H2,16,17). The number of primary amides is 1. The van der Waals surface area contributed by atoms with Crippen LogP contribution >= 0.6 is 0 Å². The van der Waals surface area contributed by atoms with Crippen LogP contribution in [0.3, 0.4) is 0 Å². The molecule has 0 aliphatic carbocycles. The van der Waals surface area contributed by atoms with Crippen LogP contribution in [0.5, 0.6) is 0 Å². The minimum Gasteiger partial charge on any atom is -0.386 e. The molecular weight excluding hydrogens is 258 g/mol. The number of nitrogens with two attached hydrogens (primary N) is 1. The Balaban J connectivity index is 2.39. The van der Waals surface area contributed by atoms with Crippen molar-refractivity contribution in [1.29, 1.82) is 0 Å². The maximum Gasteiger partial charge on any atom is 0.346 e. The molecule has 0 saturated heterocycles. The maximum absolute atomic E-state index is 11.7. The van der Waals surface area contributed by atoms with Gasteiger partial charge in [-0.1, -0.05) is 18.1 Å². The lowest BCUT2D eigenvalue weighted by molar-refractivity contribution is -0.112. The highest BCUT2D eigenvalue weighted by Crippen LogP contribution is 2.30. The van der Waals surface area contributed by atoms with Gasteiger partial charge in [-0.15, -0.1) is 0 Å². The fourth-order valence-electron chi connectivity index (χ4n) is 2.18. The molecule has 96 valence electrons. The Morgan fingerprint density at radius 3 is 2.45 bits per heavy atom. The third-order valence-electron chi connectivity index (χ3n) is 2.99. The summed E-state index contributed by atoms with van der Waals surface area (Å²) in [5.41, 5.74) is 6.12. The second-order valence-corrected chi connectivity index (χ2v) is 4.18. The Morgan fingerprint density at radius 1 is 1.05 bits per heavy atom. The van der Waals surface area contributed by atoms with E-state index in [1.54, 1.807) is 24.3 Å². The Morgan fingerprint density at radius 2 is 1.75 bits per heavy atom. The highest BCUT2D eigenvalue weighted by atomic mass is 16.6. The van der Waals surface area contributed by atoms with Crippen LogP contribution in [0.1, 0.15) is 26.3 Å². The summed E-state index contributed by atoms with van der Waals surface area (Å²) >= 11 is 0. The van der Waals surface area contributed by atoms with Crippen molar-refractivity contribution >= 4 is 28.6 Å². The Labute approximate surface area is 113 Å². The molecule has 0 saturated carbocycles. The average molecular weight is 265 g/mol. The zero-order valence-corrected chi connectivity index (χ0v) is 10.1. The summed E-state index contributed by atoms with van der Waals surface area (Å²) in [7, 11) is 0. The molecule has 0 spiro atoms. The maximum atomic E-state index is 11.7. The number of carbonyl (C=O) groups excluding carboxylic acids is 3. The van der Waals surface area contributed by atoms with Gasteiger partial charge in [0.25, 0.3) is 5.91 Å². The van der Waals surface area contributed by atoms with E-state index in [9.17, 15) is 14.4 Å². The first-order chi connectivity index (χ1) is 9.58. The molecule has 0 bridgehead atoms. The number of carbonyl (C=O) groups is 3. The van der Waals surface area contributed by atoms with Crippen LogP contribution in [-0.4, -0.2) is 17.8 Å². The van der Waals surface area contributed by atoms with Gasteiger partial charge in [0.2, 0.25) is 0 Å². The van der Waals surface area contributed by atoms with Gasteiger partial charge in [0.1, 0.15) is 0 Å². The summed E-state index contributed by atoms with van der Waals surface area (Å²) in [6.45, 7) is 0. The molecule has 0 fully saturated rings. The van der Waals surface area contributed by atoms with Crippen molar-refractivity contribution in [2.24, 2.45) is 5.73 Å². The van der Waals surface area contributed by atoms with Crippen LogP contribution < -0.4 is 5.73 Å². The largest absolute Gasteiger partial charge is 0.386 e. The lowest BCUT2D eigenvalue weighted by Gasteiger charge is -2.15. The second-order valence-electron chi connectivity index (χ2n) is 4.18. The number of cyclic esters (lactones) is 2. The molecular formula is C15H7NO4. The molecule has 2 aromatic rings. The van der Waals surface area contributed by atoms with Crippen LogP contribution in [-0.2, 0) is 9.53 Å². The highest BCUT2D eigenvalue weighted by molar-refractivity contribution is 6.21. The van der Waals surface area contributed by atoms with Gasteiger partial charge in [0.15, 0.2) is 0 Å². The number of benzene rings is 2. The van der Waals surface area contributed by atoms with Crippen molar-refractivity contribution in [2.75, 3.05) is 0 Å². The Bertz CT molecular complexity index is 835. The number of ether oxygens (including phenoxy) is 1. The van der Waals surface area contributed by atoms with Crippen LogP contribution in [0.4, 0.5) is 0 Å². The van der Waals surface area contributed by atoms with E-state index in [1.807, 2.05) is 0 Å². The van der Waals surface area contributed by atoms with Gasteiger partial charge < -0.3 is 10.5 Å². The first-order valence-electron chi connectivity index (χ1n) is 5.71. The minimum atomic E-state index is -0.749. The van der Waals surface area contributed by atoms with Crippen molar-refractivity contribution in [3.8, 4) is 11.8 Å². The molecule has 1 heterocycles. The summed E-state index contributed by atoms with van der Waals surface area (Å²) < 4.78 is 4.65. The lowest BCUT2D eigenvalue weighted by atomic mass is 9.94. The van der Waals surface area contributed by atoms with E-state index in [1.165, 1.54) is 6.07 Å². The molecule has 0 unspecified atom stereocenters. The molecule has 20 heavy (non-hydrogen) atoms. The second kappa shape index (κ2) is 4.21. The molecule has 5 heteroatoms. The summed E-state index contributed by atoms with van der Waals surface area (Å²) in [5.74, 6) is 2.75. The number of rotatable bonds is 0. The third-order valence-corrected chi connectivity index (χ3v) is 2.99. The summed E-state index contributed by atoms with van der Waals surface area (Å²) in [6, 6.07) is 8.07. The number of esters is 2. The van der Waals surface area contributed by atoms with Crippen molar-refractivity contribution in [3.63, 3.8) is 0 Å². The topological polar surface area (TPSA) is 86.5 Å². The van der Waals surface area contributed by atoms with Crippen molar-refractivity contribution in [3.05, 3.63) is 47.0 Å². The molecule has 1 aliphatic rings. The predicted octanol–water partition coefficient (Wildman–Crippen LogP) is 0.987. The number of amides is 1. The fourth-order valence-corrected chi connectivity index (χ4v) is 2.18. The van der Waals surface area contributed by atoms with Crippen LogP contribution in [0.15, 0.2) is 30.3 Å². The van der Waals surface area contributed by atoms with E-state index in [0.717, 1.165) is 0 Å². The van der Waals surface area contributed by atoms with Gasteiger partial charge in [-0.2, -0.15) is 0 Å². The Kier molecular flexibility index (Phi) is 2.51. The smallest absolute Gasteiger partial charge is 0.346 e. The van der Waals surface area contributed by atoms with Gasteiger partial charge in [-0.3, -0.25) is 4.79 Å². The van der Waals surface area contributed by atoms with Crippen LogP contribution in [0.2, 0.25) is 0 Å². The van der Waals surface area contributed by atoms with E-state index in [-0.39, 0.29) is 0 Å². The van der Waals surface area contributed by atoms with Crippen LogP contribution in [0, 0.1) is 11.8 Å². The predicted molar refractivity (Wildman–Crippen MR) is 69.8 cm³/mol. The van der Waals surface area contributed by atoms with E-state index in [2.05, 4.69) is 16.6 Å². The molecule has 0 aromatic heterocycles. The molecule has 0 radical (unpaired) electrons. The van der Waals surface area contributed by atoms with Gasteiger partial charge in [-0.25, -0.2) is 9.59 Å². The SMILES string of the molecule is NC(=O)C#Cc1ccc2c3c(cccc13)C(=O)OC2=O. The normalized spacial score (nSPS) is 12.6. The summed E-state index contributed by atoms with van der Waals surface area (Å²) in [5, 5.41) is 1.10. The van der Waals surface area contributed by atoms with Crippen molar-refractivity contribution < 1.29 is 19.1 Å². The Hall–Kier alpha value is -3.13. The van der Waals surface area contributed by atoms with Gasteiger partial charge in [0.05, 0.1) is 11.1 Å². The third kappa shape index (κ3) is 1.71. The summed E-state index contributed by atoms with van der Waals surface area (Å²) in [6.07, 6.45) is 0. The summed E-state index contributed by atoms with van der Waals surface area (Å²) in [4.78, 5) is 34.1. The number of hydrogen-bond donors (Lipinski definition) is 1. The zero-order chi connectivity index (χ0) is 14.3. The number of hydrogen-bond acceptors (Lipinski definition) is 4. The van der Waals surface area contributed by atoms with Crippen molar-refractivity contribution in [2.45, 2.75) is 0 Å². The molecule has 1 amide bonds. The first kappa shape index (κ1) is 11.9. The quantitative estimate of drug-likeness (QED) is 0.437. The minimum absolute atomic E-state index is 0.305. The van der Waals surface area contributed by atoms with Crippen molar-refractivity contribution in [1.82, 2.24) is 0 Å².